The summed E-state index contributed by atoms with van der Waals surface area (Å²) in [4.78, 5) is 27.4. The summed E-state index contributed by atoms with van der Waals surface area (Å²) < 4.78 is 0. The average molecular weight is 294 g/mol. The number of carbonyl (C=O) groups is 2. The van der Waals surface area contributed by atoms with Gasteiger partial charge in [0.15, 0.2) is 0 Å². The summed E-state index contributed by atoms with van der Waals surface area (Å²) in [6, 6.07) is -0.396. The van der Waals surface area contributed by atoms with Gasteiger partial charge in [-0.1, -0.05) is 39.5 Å². The monoisotopic (exact) mass is 294 g/mol. The number of piperazine rings is 1. The van der Waals surface area contributed by atoms with Gasteiger partial charge in [0.2, 0.25) is 11.8 Å². The van der Waals surface area contributed by atoms with Gasteiger partial charge in [0.25, 0.3) is 0 Å². The normalized spacial score (nSPS) is 29.4. The molecule has 0 spiro atoms. The second-order valence-electron chi connectivity index (χ2n) is 6.70. The van der Waals surface area contributed by atoms with Gasteiger partial charge in [0.05, 0.1) is 0 Å². The number of hydrogen-bond donors (Lipinski definition) is 1. The van der Waals surface area contributed by atoms with E-state index in [2.05, 4.69) is 26.1 Å². The Morgan fingerprint density at radius 3 is 2.43 bits per heavy atom. The van der Waals surface area contributed by atoms with Gasteiger partial charge in [0, 0.05) is 6.04 Å². The summed E-state index contributed by atoms with van der Waals surface area (Å²) in [6.07, 6.45) is 8.37. The molecule has 1 heterocycles. The van der Waals surface area contributed by atoms with Gasteiger partial charge in [-0.25, -0.2) is 0 Å². The summed E-state index contributed by atoms with van der Waals surface area (Å²) >= 11 is 0. The van der Waals surface area contributed by atoms with Crippen molar-refractivity contribution < 1.29 is 9.59 Å². The molecule has 0 aromatic carbocycles. The Kier molecular flexibility index (Phi) is 5.65. The average Bonchev–Trinajstić information content (AvgIpc) is 2.50. The Hall–Kier alpha value is -1.06. The van der Waals surface area contributed by atoms with Crippen molar-refractivity contribution >= 4 is 11.8 Å². The smallest absolute Gasteiger partial charge is 0.246 e. The lowest BCUT2D eigenvalue weighted by atomic mass is 9.81. The zero-order valence-electron chi connectivity index (χ0n) is 13.7. The minimum atomic E-state index is -0.309. The molecule has 4 nitrogen and oxygen atoms in total. The van der Waals surface area contributed by atoms with Crippen LogP contribution in [0.15, 0.2) is 0 Å². The van der Waals surface area contributed by atoms with Crippen LogP contribution in [0.25, 0.3) is 0 Å². The van der Waals surface area contributed by atoms with E-state index in [0.717, 1.165) is 32.1 Å². The second kappa shape index (κ2) is 7.28. The second-order valence-corrected chi connectivity index (χ2v) is 6.70. The molecule has 2 fully saturated rings. The van der Waals surface area contributed by atoms with Crippen molar-refractivity contribution in [3.05, 3.63) is 0 Å². The van der Waals surface area contributed by atoms with Gasteiger partial charge in [-0.2, -0.15) is 0 Å². The van der Waals surface area contributed by atoms with E-state index in [1.165, 1.54) is 19.3 Å². The first-order valence-electron chi connectivity index (χ1n) is 8.72. The van der Waals surface area contributed by atoms with Crippen LogP contribution >= 0.6 is 0 Å². The number of nitrogens with one attached hydrogen (secondary N) is 1. The molecule has 1 saturated heterocycles. The molecule has 0 aromatic heterocycles. The highest BCUT2D eigenvalue weighted by Gasteiger charge is 2.45. The van der Waals surface area contributed by atoms with Crippen LogP contribution in [0, 0.1) is 5.92 Å². The fourth-order valence-electron chi connectivity index (χ4n) is 3.83. The number of hydrogen-bond acceptors (Lipinski definition) is 2. The first-order valence-corrected chi connectivity index (χ1v) is 8.72. The van der Waals surface area contributed by atoms with E-state index in [4.69, 9.17) is 0 Å². The molecule has 1 aliphatic carbocycles. The fourth-order valence-corrected chi connectivity index (χ4v) is 3.83. The maximum absolute atomic E-state index is 12.8. The molecule has 1 saturated carbocycles. The van der Waals surface area contributed by atoms with Crippen molar-refractivity contribution in [2.24, 2.45) is 5.92 Å². The predicted molar refractivity (Wildman–Crippen MR) is 83.8 cm³/mol. The summed E-state index contributed by atoms with van der Waals surface area (Å²) in [5.74, 6) is 0.570. The lowest BCUT2D eigenvalue weighted by Crippen LogP contribution is -2.67. The number of rotatable bonds is 5. The zero-order chi connectivity index (χ0) is 15.4. The van der Waals surface area contributed by atoms with E-state index in [0.29, 0.717) is 5.92 Å². The Labute approximate surface area is 128 Å². The molecule has 1 aliphatic heterocycles. The van der Waals surface area contributed by atoms with Crippen LogP contribution in [0.1, 0.15) is 72.1 Å². The summed E-state index contributed by atoms with van der Waals surface area (Å²) in [7, 11) is 0. The lowest BCUT2D eigenvalue weighted by Gasteiger charge is -2.46. The van der Waals surface area contributed by atoms with Gasteiger partial charge in [-0.3, -0.25) is 9.59 Å². The van der Waals surface area contributed by atoms with Gasteiger partial charge < -0.3 is 10.2 Å². The molecule has 0 aromatic rings. The quantitative estimate of drug-likeness (QED) is 0.847. The van der Waals surface area contributed by atoms with Crippen LogP contribution in [0.3, 0.4) is 0 Å². The van der Waals surface area contributed by atoms with Gasteiger partial charge >= 0.3 is 0 Å². The molecular formula is C17H30N2O2. The van der Waals surface area contributed by atoms with Crippen molar-refractivity contribution in [2.45, 2.75) is 90.3 Å². The highest BCUT2D eigenvalue weighted by Crippen LogP contribution is 2.32. The van der Waals surface area contributed by atoms with E-state index in [-0.39, 0.29) is 29.9 Å². The van der Waals surface area contributed by atoms with E-state index < -0.39 is 0 Å². The number of nitrogens with zero attached hydrogens (tertiary/aromatic N) is 1. The van der Waals surface area contributed by atoms with Crippen LogP contribution in [0.2, 0.25) is 0 Å². The van der Waals surface area contributed by atoms with Gasteiger partial charge in [0.1, 0.15) is 12.1 Å². The summed E-state index contributed by atoms with van der Waals surface area (Å²) in [6.45, 7) is 6.23. The maximum atomic E-state index is 12.8. The van der Waals surface area contributed by atoms with E-state index in [9.17, 15) is 9.59 Å². The lowest BCUT2D eigenvalue weighted by molar-refractivity contribution is -0.155. The molecule has 2 rings (SSSR count). The largest absolute Gasteiger partial charge is 0.342 e. The van der Waals surface area contributed by atoms with Gasteiger partial charge in [-0.05, 0) is 38.5 Å². The Morgan fingerprint density at radius 1 is 1.19 bits per heavy atom. The fraction of sp³-hybridized carbons (Fsp3) is 0.882. The van der Waals surface area contributed by atoms with E-state index in [1.807, 2.05) is 4.90 Å². The SMILES string of the molecule is CCCC1NC(=O)C(C2CCCCC2)N(C(C)CC)C1=O. The molecule has 21 heavy (non-hydrogen) atoms. The molecule has 0 radical (unpaired) electrons. The molecule has 3 atom stereocenters. The van der Waals surface area contributed by atoms with Crippen LogP contribution in [0.5, 0.6) is 0 Å². The third-order valence-corrected chi connectivity index (χ3v) is 5.18. The highest BCUT2D eigenvalue weighted by atomic mass is 16.2. The highest BCUT2D eigenvalue weighted by molar-refractivity contribution is 5.97. The summed E-state index contributed by atoms with van der Waals surface area (Å²) in [5.41, 5.74) is 0. The van der Waals surface area contributed by atoms with E-state index >= 15 is 0 Å². The molecule has 120 valence electrons. The van der Waals surface area contributed by atoms with Crippen LogP contribution in [0.4, 0.5) is 0 Å². The van der Waals surface area contributed by atoms with Crippen LogP contribution < -0.4 is 5.32 Å². The minimum Gasteiger partial charge on any atom is -0.342 e. The number of carbonyl (C=O) groups excluding carboxylic acids is 2. The molecule has 2 aliphatic rings. The van der Waals surface area contributed by atoms with Crippen molar-refractivity contribution in [1.29, 1.82) is 0 Å². The Balaban J connectivity index is 2.23. The van der Waals surface area contributed by atoms with Gasteiger partial charge in [-0.15, -0.1) is 0 Å². The maximum Gasteiger partial charge on any atom is 0.246 e. The first-order chi connectivity index (χ1) is 10.1. The molecule has 0 bridgehead atoms. The van der Waals surface area contributed by atoms with Crippen molar-refractivity contribution in [1.82, 2.24) is 10.2 Å². The third kappa shape index (κ3) is 3.41. The Bertz CT molecular complexity index is 377. The molecule has 2 amide bonds. The standard InChI is InChI=1S/C17H30N2O2/c1-4-9-14-17(21)19(12(3)5-2)15(16(20)18-14)13-10-7-6-8-11-13/h12-15H,4-11H2,1-3H3,(H,18,20). The third-order valence-electron chi connectivity index (χ3n) is 5.18. The van der Waals surface area contributed by atoms with Crippen LogP contribution in [-0.4, -0.2) is 34.8 Å². The molecule has 1 N–H and O–H groups in total. The zero-order valence-corrected chi connectivity index (χ0v) is 13.7. The molecular weight excluding hydrogens is 264 g/mol. The molecule has 3 unspecified atom stereocenters. The Morgan fingerprint density at radius 2 is 1.86 bits per heavy atom. The topological polar surface area (TPSA) is 49.4 Å². The van der Waals surface area contributed by atoms with Crippen LogP contribution in [-0.2, 0) is 9.59 Å². The summed E-state index contributed by atoms with van der Waals surface area (Å²) in [5, 5.41) is 2.99. The van der Waals surface area contributed by atoms with E-state index in [1.54, 1.807) is 0 Å². The number of amides is 2. The van der Waals surface area contributed by atoms with Crippen molar-refractivity contribution in [2.75, 3.05) is 0 Å². The minimum absolute atomic E-state index is 0.0836. The van der Waals surface area contributed by atoms with Crippen molar-refractivity contribution in [3.63, 3.8) is 0 Å². The predicted octanol–water partition coefficient (Wildman–Crippen LogP) is 2.86. The first kappa shape index (κ1) is 16.3. The van der Waals surface area contributed by atoms with Crippen molar-refractivity contribution in [3.8, 4) is 0 Å². The molecule has 4 heteroatoms.